The van der Waals surface area contributed by atoms with Crippen molar-refractivity contribution in [2.45, 2.75) is 18.8 Å². The van der Waals surface area contributed by atoms with Gasteiger partial charge in [0.1, 0.15) is 36.2 Å². The summed E-state index contributed by atoms with van der Waals surface area (Å²) in [6.45, 7) is 3.85. The maximum absolute atomic E-state index is 13.4. The zero-order valence-corrected chi connectivity index (χ0v) is 22.5. The van der Waals surface area contributed by atoms with Gasteiger partial charge in [-0.25, -0.2) is 14.8 Å². The van der Waals surface area contributed by atoms with Crippen LogP contribution in [0.3, 0.4) is 0 Å². The number of rotatable bonds is 7. The van der Waals surface area contributed by atoms with Crippen molar-refractivity contribution in [2.75, 3.05) is 46.1 Å². The molecule has 0 spiro atoms. The average Bonchev–Trinajstić information content (AvgIpc) is 3.52. The fourth-order valence-corrected chi connectivity index (χ4v) is 5.58. The maximum atomic E-state index is 13.4. The van der Waals surface area contributed by atoms with Crippen LogP contribution in [0.15, 0.2) is 46.7 Å². The molecule has 5 rings (SSSR count). The fraction of sp³-hybridized carbons (Fsp3) is 0.346. The van der Waals surface area contributed by atoms with Crippen molar-refractivity contribution in [1.29, 1.82) is 0 Å². The van der Waals surface area contributed by atoms with E-state index in [1.165, 1.54) is 20.0 Å². The number of likely N-dealkylation sites (tertiary alicyclic amines) is 1. The quantitative estimate of drug-likeness (QED) is 0.424. The van der Waals surface area contributed by atoms with Gasteiger partial charge in [-0.3, -0.25) is 4.79 Å². The van der Waals surface area contributed by atoms with E-state index in [1.54, 1.807) is 36.2 Å². The molecule has 3 N–H and O–H groups in total. The van der Waals surface area contributed by atoms with Crippen molar-refractivity contribution in [3.63, 3.8) is 0 Å². The molecule has 0 aliphatic carbocycles. The molecule has 0 saturated carbocycles. The Balaban J connectivity index is 1.55. The smallest absolute Gasteiger partial charge is 0.293 e. The zero-order valence-electron chi connectivity index (χ0n) is 21.0. The van der Waals surface area contributed by atoms with E-state index in [-0.39, 0.29) is 22.9 Å². The lowest BCUT2D eigenvalue weighted by atomic mass is 10.0. The fourth-order valence-electron chi connectivity index (χ4n) is 4.98. The van der Waals surface area contributed by atoms with E-state index < -0.39 is 11.5 Å². The zero-order chi connectivity index (χ0) is 27.0. The Morgan fingerprint density at radius 3 is 2.58 bits per heavy atom. The third kappa shape index (κ3) is 4.61. The number of nitrogens with zero attached hydrogens (tertiary/aromatic N) is 5. The summed E-state index contributed by atoms with van der Waals surface area (Å²) in [4.78, 5) is 44.1. The van der Waals surface area contributed by atoms with Gasteiger partial charge in [-0.05, 0) is 50.2 Å². The number of nitrogens with two attached hydrogens (primary N) is 1. The molecule has 10 nitrogen and oxygen atoms in total. The number of nitrogen functional groups attached to an aromatic ring is 1. The number of hydrogen-bond acceptors (Lipinski definition) is 9. The van der Waals surface area contributed by atoms with Gasteiger partial charge in [0.05, 0.1) is 26.9 Å². The second-order valence-corrected chi connectivity index (χ2v) is 10.0. The number of nitrogens with one attached hydrogen (secondary N) is 1. The number of hydrogen-bond donors (Lipinski definition) is 2. The Morgan fingerprint density at radius 1 is 1.21 bits per heavy atom. The van der Waals surface area contributed by atoms with Crippen molar-refractivity contribution in [1.82, 2.24) is 29.8 Å². The van der Waals surface area contributed by atoms with E-state index in [0.29, 0.717) is 26.7 Å². The lowest BCUT2D eigenvalue weighted by Gasteiger charge is -2.21. The van der Waals surface area contributed by atoms with Gasteiger partial charge in [0.2, 0.25) is 0 Å². The van der Waals surface area contributed by atoms with Gasteiger partial charge in [-0.2, -0.15) is 0 Å². The molecule has 1 aromatic carbocycles. The minimum atomic E-state index is -0.614. The van der Waals surface area contributed by atoms with Gasteiger partial charge in [-0.1, -0.05) is 29.3 Å². The topological polar surface area (TPSA) is 119 Å². The van der Waals surface area contributed by atoms with Crippen LogP contribution in [0.2, 0.25) is 10.0 Å². The summed E-state index contributed by atoms with van der Waals surface area (Å²) in [5.74, 6) is 2.50. The number of likely N-dealkylation sites (N-methyl/N-ethyl adjacent to an activating group) is 1. The van der Waals surface area contributed by atoms with Crippen molar-refractivity contribution in [3.05, 3.63) is 68.1 Å². The Kier molecular flexibility index (Phi) is 7.32. The highest BCUT2D eigenvalue weighted by Gasteiger charge is 2.32. The summed E-state index contributed by atoms with van der Waals surface area (Å²) in [6, 6.07) is 6.52. The van der Waals surface area contributed by atoms with Crippen LogP contribution in [0, 0.1) is 0 Å². The summed E-state index contributed by atoms with van der Waals surface area (Å²) in [6.07, 6.45) is 4.31. The van der Waals surface area contributed by atoms with Gasteiger partial charge in [0, 0.05) is 25.7 Å². The van der Waals surface area contributed by atoms with E-state index in [4.69, 9.17) is 33.8 Å². The number of pyridine rings is 1. The first-order valence-electron chi connectivity index (χ1n) is 12.2. The van der Waals surface area contributed by atoms with Crippen molar-refractivity contribution < 1.29 is 9.63 Å². The maximum Gasteiger partial charge on any atom is 0.293 e. The first-order valence-corrected chi connectivity index (χ1v) is 13.0. The van der Waals surface area contributed by atoms with Gasteiger partial charge < -0.3 is 25.7 Å². The summed E-state index contributed by atoms with van der Waals surface area (Å²) in [5, 5.41) is 4.37. The summed E-state index contributed by atoms with van der Waals surface area (Å²) >= 11 is 12.7. The number of benzene rings is 1. The number of carbonyl (C=O) groups excluding carboxylic acids is 1. The second kappa shape index (κ2) is 10.7. The number of anilines is 1. The highest BCUT2D eigenvalue weighted by Crippen LogP contribution is 2.36. The summed E-state index contributed by atoms with van der Waals surface area (Å²) < 4.78 is 1.02. The molecule has 0 bridgehead atoms. The van der Waals surface area contributed by atoms with E-state index in [0.717, 1.165) is 36.7 Å². The Hall–Kier alpha value is -3.56. The Bertz CT molecular complexity index is 1520. The van der Waals surface area contributed by atoms with Crippen molar-refractivity contribution >= 4 is 46.0 Å². The molecule has 3 aromatic rings. The predicted molar refractivity (Wildman–Crippen MR) is 148 cm³/mol. The van der Waals surface area contributed by atoms with Crippen LogP contribution in [0.4, 0.5) is 5.82 Å². The molecule has 12 heteroatoms. The van der Waals surface area contributed by atoms with Crippen LogP contribution in [-0.2, 0) is 4.79 Å². The molecule has 198 valence electrons. The van der Waals surface area contributed by atoms with Crippen molar-refractivity contribution in [3.8, 4) is 11.1 Å². The predicted octanol–water partition coefficient (Wildman–Crippen LogP) is 2.68. The molecule has 2 aromatic heterocycles. The van der Waals surface area contributed by atoms with Crippen LogP contribution < -0.4 is 21.4 Å². The molecule has 1 saturated heterocycles. The van der Waals surface area contributed by atoms with Gasteiger partial charge >= 0.3 is 0 Å². The lowest BCUT2D eigenvalue weighted by Crippen LogP contribution is -2.33. The molecule has 2 aliphatic heterocycles. The summed E-state index contributed by atoms with van der Waals surface area (Å²) in [5.41, 5.74) is 6.89. The molecule has 1 atom stereocenters. The van der Waals surface area contributed by atoms with Gasteiger partial charge in [-0.15, -0.1) is 4.73 Å². The van der Waals surface area contributed by atoms with Crippen LogP contribution in [0.25, 0.3) is 22.2 Å². The third-order valence-electron chi connectivity index (χ3n) is 6.94. The number of aromatic nitrogens is 3. The SMILES string of the molecule is COn1c(=O)c(-c2c(Cl)cccc2Cl)cc2c(N)nc(C3C=C(NCCN4CCCC4)N(C)C3=C=O)nc21. The minimum absolute atomic E-state index is 0.108. The third-order valence-corrected chi connectivity index (χ3v) is 7.57. The summed E-state index contributed by atoms with van der Waals surface area (Å²) in [7, 11) is 3.13. The van der Waals surface area contributed by atoms with E-state index >= 15 is 0 Å². The molecule has 1 unspecified atom stereocenters. The minimum Gasteiger partial charge on any atom is -0.412 e. The molecule has 0 radical (unpaired) electrons. The van der Waals surface area contributed by atoms with E-state index in [2.05, 4.69) is 20.2 Å². The van der Waals surface area contributed by atoms with Gasteiger partial charge in [0.25, 0.3) is 5.56 Å². The molecule has 1 fully saturated rings. The molecule has 2 aliphatic rings. The first-order chi connectivity index (χ1) is 18.3. The van der Waals surface area contributed by atoms with Gasteiger partial charge in [0.15, 0.2) is 5.65 Å². The molecule has 4 heterocycles. The number of fused-ring (bicyclic) bond motifs is 1. The lowest BCUT2D eigenvalue weighted by molar-refractivity contribution is 0.168. The second-order valence-electron chi connectivity index (χ2n) is 9.19. The molecule has 38 heavy (non-hydrogen) atoms. The Morgan fingerprint density at radius 2 is 1.92 bits per heavy atom. The highest BCUT2D eigenvalue weighted by molar-refractivity contribution is 6.39. The van der Waals surface area contributed by atoms with E-state index in [1.807, 2.05) is 12.0 Å². The highest BCUT2D eigenvalue weighted by atomic mass is 35.5. The van der Waals surface area contributed by atoms with Crippen molar-refractivity contribution in [2.24, 2.45) is 0 Å². The first kappa shape index (κ1) is 26.1. The largest absolute Gasteiger partial charge is 0.412 e. The molecule has 0 amide bonds. The van der Waals surface area contributed by atoms with Crippen LogP contribution in [-0.4, -0.2) is 70.8 Å². The monoisotopic (exact) mass is 555 g/mol. The average molecular weight is 556 g/mol. The number of allylic oxidation sites excluding steroid dienone is 1. The van der Waals surface area contributed by atoms with Crippen LogP contribution in [0.1, 0.15) is 24.6 Å². The normalized spacial score (nSPS) is 17.7. The van der Waals surface area contributed by atoms with Crippen LogP contribution >= 0.6 is 23.2 Å². The van der Waals surface area contributed by atoms with E-state index in [9.17, 15) is 9.59 Å². The molecular formula is C26H27Cl2N7O3. The van der Waals surface area contributed by atoms with Crippen LogP contribution in [0.5, 0.6) is 0 Å². The Labute approximate surface area is 229 Å². The standard InChI is InChI=1S/C26H27Cl2N7O3/c1-33-20(14-36)15(13-21(33)30-8-11-34-9-3-4-10-34)24-31-23(29)17-12-16(22-18(27)6-5-7-19(22)28)26(37)35(38-2)25(17)32-24/h5-7,12-13,15,30H,3-4,8-11H2,1-2H3,(H2,29,31,32). The number of halogens is 2. The molecular weight excluding hydrogens is 529 g/mol.